The van der Waals surface area contributed by atoms with E-state index in [1.807, 2.05) is 0 Å². The van der Waals surface area contributed by atoms with Crippen molar-refractivity contribution >= 4 is 15.2 Å². The van der Waals surface area contributed by atoms with Gasteiger partial charge in [-0.25, -0.2) is 0 Å². The molecule has 0 aliphatic carbocycles. The maximum atomic E-state index is 2.57. The molecule has 0 unspecified atom stereocenters. The first-order valence-corrected chi connectivity index (χ1v) is 7.62. The largest absolute Gasteiger partial charge is 1.00 e. The van der Waals surface area contributed by atoms with Crippen molar-refractivity contribution in [2.45, 2.75) is 44.2 Å². The van der Waals surface area contributed by atoms with Crippen LogP contribution in [0.1, 0.15) is 34.0 Å². The minimum Gasteiger partial charge on any atom is -1.00 e. The Morgan fingerprint density at radius 1 is 1.25 bits per heavy atom. The summed E-state index contributed by atoms with van der Waals surface area (Å²) in [5, 5.41) is 0. The van der Waals surface area contributed by atoms with E-state index in [0.29, 0.717) is 0 Å². The number of rotatable bonds is 3. The van der Waals surface area contributed by atoms with Gasteiger partial charge in [-0.15, -0.1) is 0 Å². The zero-order valence-corrected chi connectivity index (χ0v) is 10.1. The third-order valence-corrected chi connectivity index (χ3v) is 2.03. The maximum Gasteiger partial charge on any atom is -1.00 e. The van der Waals surface area contributed by atoms with Crippen molar-refractivity contribution in [3.63, 3.8) is 0 Å². The summed E-state index contributed by atoms with van der Waals surface area (Å²) in [6, 6.07) is 0. The smallest absolute Gasteiger partial charge is 1.00 e. The monoisotopic (exact) mass is 185 g/mol. The van der Waals surface area contributed by atoms with E-state index >= 15 is 0 Å². The number of nitrogens with zero attached hydrogens (tertiary/aromatic N) is 1. The molecule has 0 amide bonds. The SMILES string of the molecule is CCCCN1CCCC1.[CH3][Al+][CH3].[H-]. The van der Waals surface area contributed by atoms with Gasteiger partial charge < -0.3 is 6.33 Å². The van der Waals surface area contributed by atoms with Gasteiger partial charge >= 0.3 is 26.8 Å². The predicted octanol–water partition coefficient (Wildman–Crippen LogP) is 2.78. The van der Waals surface area contributed by atoms with Crippen molar-refractivity contribution in [3.8, 4) is 0 Å². The molecule has 1 rings (SSSR count). The molecule has 0 saturated carbocycles. The standard InChI is InChI=1S/C8H17N.2CH3.Al.H/c1-2-3-6-9-7-4-5-8-9;;;;/h2-8H2,1H3;2*1H3;;/q;;;+1;-1. The van der Waals surface area contributed by atoms with Crippen LogP contribution in [-0.2, 0) is 0 Å². The van der Waals surface area contributed by atoms with Gasteiger partial charge in [0, 0.05) is 0 Å². The summed E-state index contributed by atoms with van der Waals surface area (Å²) < 4.78 is 0. The summed E-state index contributed by atoms with van der Waals surface area (Å²) >= 11 is 0.750. The number of unbranched alkanes of at least 4 members (excludes halogenated alkanes) is 1. The van der Waals surface area contributed by atoms with Crippen LogP contribution in [0.25, 0.3) is 0 Å². The molecular weight excluding hydrogens is 161 g/mol. The Labute approximate surface area is 85.7 Å². The maximum absolute atomic E-state index is 2.57. The van der Waals surface area contributed by atoms with Gasteiger partial charge in [0.25, 0.3) is 0 Å². The van der Waals surface area contributed by atoms with Crippen LogP contribution >= 0.6 is 0 Å². The van der Waals surface area contributed by atoms with Crippen molar-refractivity contribution < 1.29 is 1.43 Å². The Hall–Kier alpha value is 0.492. The quantitative estimate of drug-likeness (QED) is 0.611. The van der Waals surface area contributed by atoms with E-state index in [1.165, 1.54) is 45.3 Å². The molecule has 0 aromatic heterocycles. The van der Waals surface area contributed by atoms with Gasteiger partial charge in [0.15, 0.2) is 0 Å². The van der Waals surface area contributed by atoms with Gasteiger partial charge in [-0.1, -0.05) is 13.3 Å². The molecule has 0 atom stereocenters. The van der Waals surface area contributed by atoms with Gasteiger partial charge in [-0.2, -0.15) is 0 Å². The van der Waals surface area contributed by atoms with Crippen LogP contribution in [0.4, 0.5) is 0 Å². The van der Waals surface area contributed by atoms with Crippen molar-refractivity contribution in [1.82, 2.24) is 4.90 Å². The molecule has 1 aliphatic heterocycles. The summed E-state index contributed by atoms with van der Waals surface area (Å²) in [6.45, 7) is 6.33. The summed E-state index contributed by atoms with van der Waals surface area (Å²) in [6.07, 6.45) is 5.60. The number of hydrogen-bond acceptors (Lipinski definition) is 1. The summed E-state index contributed by atoms with van der Waals surface area (Å²) in [5.74, 6) is 4.42. The number of hydrogen-bond donors (Lipinski definition) is 0. The molecule has 1 nitrogen and oxygen atoms in total. The molecule has 0 aromatic carbocycles. The topological polar surface area (TPSA) is 3.24 Å². The van der Waals surface area contributed by atoms with E-state index < -0.39 is 0 Å². The number of likely N-dealkylation sites (tertiary alicyclic amines) is 1. The normalized spacial score (nSPS) is 16.6. The molecule has 0 N–H and O–H groups in total. The van der Waals surface area contributed by atoms with Crippen LogP contribution in [0.15, 0.2) is 0 Å². The second kappa shape index (κ2) is 9.58. The summed E-state index contributed by atoms with van der Waals surface area (Å²) in [5.41, 5.74) is 0. The van der Waals surface area contributed by atoms with Gasteiger partial charge in [-0.3, -0.25) is 0 Å². The Kier molecular flexibility index (Phi) is 9.97. The fourth-order valence-corrected chi connectivity index (χ4v) is 1.39. The molecule has 12 heavy (non-hydrogen) atoms. The fourth-order valence-electron chi connectivity index (χ4n) is 1.39. The zero-order valence-electron chi connectivity index (χ0n) is 9.97. The van der Waals surface area contributed by atoms with E-state index in [1.54, 1.807) is 0 Å². The molecule has 2 heteroatoms. The summed E-state index contributed by atoms with van der Waals surface area (Å²) in [4.78, 5) is 2.57. The van der Waals surface area contributed by atoms with Gasteiger partial charge in [0.1, 0.15) is 0 Å². The van der Waals surface area contributed by atoms with E-state index in [-0.39, 0.29) is 1.43 Å². The first kappa shape index (κ1) is 12.5. The van der Waals surface area contributed by atoms with Gasteiger partial charge in [0.2, 0.25) is 0 Å². The van der Waals surface area contributed by atoms with Gasteiger partial charge in [0.05, 0.1) is 0 Å². The molecule has 0 bridgehead atoms. The van der Waals surface area contributed by atoms with Crippen LogP contribution < -0.4 is 0 Å². The van der Waals surface area contributed by atoms with Crippen LogP contribution in [0.5, 0.6) is 0 Å². The summed E-state index contributed by atoms with van der Waals surface area (Å²) in [7, 11) is 0. The minimum atomic E-state index is 0. The second-order valence-electron chi connectivity index (χ2n) is 3.48. The van der Waals surface area contributed by atoms with Crippen molar-refractivity contribution in [2.24, 2.45) is 0 Å². The van der Waals surface area contributed by atoms with E-state index in [0.717, 1.165) is 15.2 Å². The molecular formula is C10H24AlN. The molecule has 72 valence electrons. The molecule has 1 aliphatic rings. The van der Waals surface area contributed by atoms with E-state index in [9.17, 15) is 0 Å². The van der Waals surface area contributed by atoms with Crippen LogP contribution in [-0.4, -0.2) is 39.8 Å². The third kappa shape index (κ3) is 7.16. The average molecular weight is 185 g/mol. The Bertz CT molecular complexity index is 85.0. The molecule has 1 saturated heterocycles. The molecule has 1 fully saturated rings. The molecule has 1 heterocycles. The van der Waals surface area contributed by atoms with Crippen molar-refractivity contribution in [2.75, 3.05) is 19.6 Å². The average Bonchev–Trinajstić information content (AvgIpc) is 2.54. The Balaban J connectivity index is 0. The van der Waals surface area contributed by atoms with Crippen molar-refractivity contribution in [1.29, 1.82) is 0 Å². The zero-order chi connectivity index (χ0) is 9.23. The minimum absolute atomic E-state index is 0. The second-order valence-corrected chi connectivity index (χ2v) is 4.63. The predicted molar refractivity (Wildman–Crippen MR) is 59.2 cm³/mol. The Morgan fingerprint density at radius 3 is 2.17 bits per heavy atom. The van der Waals surface area contributed by atoms with Crippen LogP contribution in [0, 0.1) is 0 Å². The molecule has 0 radical (unpaired) electrons. The first-order chi connectivity index (χ1) is 5.85. The van der Waals surface area contributed by atoms with Crippen molar-refractivity contribution in [3.05, 3.63) is 0 Å². The third-order valence-electron chi connectivity index (χ3n) is 2.03. The van der Waals surface area contributed by atoms with E-state index in [4.69, 9.17) is 0 Å². The van der Waals surface area contributed by atoms with E-state index in [2.05, 4.69) is 23.4 Å². The molecule has 0 aromatic rings. The van der Waals surface area contributed by atoms with Gasteiger partial charge in [-0.05, 0) is 38.9 Å². The Morgan fingerprint density at radius 2 is 1.75 bits per heavy atom. The van der Waals surface area contributed by atoms with Crippen LogP contribution in [0.2, 0.25) is 11.6 Å². The fraction of sp³-hybridized carbons (Fsp3) is 1.00. The first-order valence-electron chi connectivity index (χ1n) is 5.31. The molecule has 0 spiro atoms. The van der Waals surface area contributed by atoms with Crippen LogP contribution in [0.3, 0.4) is 0 Å².